The van der Waals surface area contributed by atoms with E-state index in [1.54, 1.807) is 42.5 Å². The summed E-state index contributed by atoms with van der Waals surface area (Å²) in [5.41, 5.74) is 1.23. The predicted molar refractivity (Wildman–Crippen MR) is 128 cm³/mol. The summed E-state index contributed by atoms with van der Waals surface area (Å²) in [5, 5.41) is 16.9. The second-order valence-electron chi connectivity index (χ2n) is 8.19. The monoisotopic (exact) mass is 492 g/mol. The first-order chi connectivity index (χ1) is 15.9. The van der Waals surface area contributed by atoms with Crippen LogP contribution < -0.4 is 20.3 Å². The fourth-order valence-corrected chi connectivity index (χ4v) is 4.32. The Morgan fingerprint density at radius 3 is 2.70 bits per heavy atom. The van der Waals surface area contributed by atoms with Gasteiger partial charge in [0.2, 0.25) is 5.91 Å². The zero-order chi connectivity index (χ0) is 23.4. The number of nitrogens with zero attached hydrogens (tertiary/aromatic N) is 2. The number of benzene rings is 2. The van der Waals surface area contributed by atoms with Crippen LogP contribution in [-0.4, -0.2) is 66.9 Å². The summed E-state index contributed by atoms with van der Waals surface area (Å²) < 4.78 is 6.00. The van der Waals surface area contributed by atoms with E-state index in [9.17, 15) is 14.7 Å². The number of aliphatic hydroxyl groups excluding tert-OH is 1. The fraction of sp³-hybridized carbons (Fsp3) is 0.391. The molecule has 4 rings (SSSR count). The van der Waals surface area contributed by atoms with Crippen molar-refractivity contribution in [2.45, 2.75) is 25.0 Å². The van der Waals surface area contributed by atoms with E-state index in [1.165, 1.54) is 4.90 Å². The lowest BCUT2D eigenvalue weighted by molar-refractivity contribution is -0.115. The van der Waals surface area contributed by atoms with Gasteiger partial charge in [-0.05, 0) is 37.1 Å². The van der Waals surface area contributed by atoms with Gasteiger partial charge in [-0.1, -0.05) is 35.3 Å². The summed E-state index contributed by atoms with van der Waals surface area (Å²) in [6.07, 6.45) is 0.980. The molecule has 3 N–H and O–H groups in total. The second kappa shape index (κ2) is 10.6. The van der Waals surface area contributed by atoms with Crippen LogP contribution in [0, 0.1) is 0 Å². The highest BCUT2D eigenvalue weighted by Crippen LogP contribution is 2.29. The summed E-state index contributed by atoms with van der Waals surface area (Å²) in [5.74, 6) is 0.439. The Labute approximate surface area is 202 Å². The van der Waals surface area contributed by atoms with Gasteiger partial charge in [-0.15, -0.1) is 0 Å². The Kier molecular flexibility index (Phi) is 7.60. The maximum atomic E-state index is 12.6. The molecule has 2 aliphatic heterocycles. The number of hydrogen-bond donors (Lipinski definition) is 3. The Balaban J connectivity index is 1.21. The highest BCUT2D eigenvalue weighted by atomic mass is 35.5. The number of carbonyl (C=O) groups is 2. The van der Waals surface area contributed by atoms with Gasteiger partial charge in [0.1, 0.15) is 18.4 Å². The van der Waals surface area contributed by atoms with Crippen molar-refractivity contribution in [3.63, 3.8) is 0 Å². The number of ether oxygens (including phenoxy) is 1. The molecule has 2 aliphatic rings. The van der Waals surface area contributed by atoms with E-state index in [2.05, 4.69) is 15.5 Å². The van der Waals surface area contributed by atoms with Crippen molar-refractivity contribution in [1.82, 2.24) is 10.2 Å². The maximum Gasteiger partial charge on any atom is 0.322 e. The number of anilines is 2. The van der Waals surface area contributed by atoms with Crippen LogP contribution in [-0.2, 0) is 4.79 Å². The van der Waals surface area contributed by atoms with Gasteiger partial charge in [-0.2, -0.15) is 0 Å². The summed E-state index contributed by atoms with van der Waals surface area (Å²) in [4.78, 5) is 28.1. The maximum absolute atomic E-state index is 12.6. The first-order valence-electron chi connectivity index (χ1n) is 10.9. The van der Waals surface area contributed by atoms with Gasteiger partial charge in [-0.3, -0.25) is 9.69 Å². The molecule has 2 aromatic rings. The second-order valence-corrected chi connectivity index (χ2v) is 9.00. The van der Waals surface area contributed by atoms with E-state index in [1.807, 2.05) is 0 Å². The van der Waals surface area contributed by atoms with Crippen LogP contribution >= 0.6 is 23.2 Å². The highest BCUT2D eigenvalue weighted by molar-refractivity contribution is 6.42. The quantitative estimate of drug-likeness (QED) is 0.574. The van der Waals surface area contributed by atoms with Crippen LogP contribution in [0.2, 0.25) is 10.0 Å². The third kappa shape index (κ3) is 6.09. The Bertz CT molecular complexity index is 1010. The minimum Gasteiger partial charge on any atom is -0.490 e. The van der Waals surface area contributed by atoms with Crippen LogP contribution in [0.15, 0.2) is 42.5 Å². The third-order valence-corrected chi connectivity index (χ3v) is 6.44. The molecule has 8 nitrogen and oxygen atoms in total. The van der Waals surface area contributed by atoms with Gasteiger partial charge in [0.25, 0.3) is 0 Å². The zero-order valence-electron chi connectivity index (χ0n) is 18.0. The van der Waals surface area contributed by atoms with Crippen molar-refractivity contribution < 1.29 is 19.4 Å². The normalized spacial score (nSPS) is 17.8. The summed E-state index contributed by atoms with van der Waals surface area (Å²) in [7, 11) is 0. The van der Waals surface area contributed by atoms with Gasteiger partial charge in [-0.25, -0.2) is 4.79 Å². The molecular weight excluding hydrogens is 467 g/mol. The van der Waals surface area contributed by atoms with Crippen molar-refractivity contribution in [1.29, 1.82) is 0 Å². The van der Waals surface area contributed by atoms with Crippen LogP contribution in [0.4, 0.5) is 16.2 Å². The fourth-order valence-electron chi connectivity index (χ4n) is 4.03. The van der Waals surface area contributed by atoms with Gasteiger partial charge in [0, 0.05) is 32.2 Å². The molecule has 1 saturated heterocycles. The number of hydrogen-bond acceptors (Lipinski definition) is 5. The molecule has 0 unspecified atom stereocenters. The number of nitrogens with one attached hydrogen (secondary N) is 2. The predicted octanol–water partition coefficient (Wildman–Crippen LogP) is 3.37. The average molecular weight is 493 g/mol. The number of β-amino-alcohol motifs (C(OH)–C–C–N with tert-alkyl or cyclic N) is 1. The number of rotatable bonds is 6. The molecule has 1 fully saturated rings. The number of urea groups is 1. The minimum atomic E-state index is -0.727. The Morgan fingerprint density at radius 2 is 1.94 bits per heavy atom. The molecule has 176 valence electrons. The standard InChI is InChI=1S/C23H26Cl2N4O4/c24-18-6-5-17(11-19(18)25)33-16-7-9-28(10-8-16)13-15(30)12-26-23(32)29-14-22(31)27-20-3-1-2-4-21(20)29/h1-6,11,15-16,30H,7-10,12-14H2,(H,26,32)(H,27,31)/t15-/m1/s1. The number of piperidine rings is 1. The van der Waals surface area contributed by atoms with E-state index in [4.69, 9.17) is 27.9 Å². The van der Waals surface area contributed by atoms with Crippen LogP contribution in [0.1, 0.15) is 12.8 Å². The van der Waals surface area contributed by atoms with E-state index in [-0.39, 0.29) is 25.1 Å². The number of carbonyl (C=O) groups excluding carboxylic acids is 2. The lowest BCUT2D eigenvalue weighted by Crippen LogP contribution is -2.50. The van der Waals surface area contributed by atoms with E-state index in [0.717, 1.165) is 25.9 Å². The third-order valence-electron chi connectivity index (χ3n) is 5.70. The zero-order valence-corrected chi connectivity index (χ0v) is 19.5. The van der Waals surface area contributed by atoms with Crippen molar-refractivity contribution in [3.05, 3.63) is 52.5 Å². The molecule has 0 bridgehead atoms. The highest BCUT2D eigenvalue weighted by Gasteiger charge is 2.27. The van der Waals surface area contributed by atoms with Gasteiger partial charge < -0.3 is 25.4 Å². The largest absolute Gasteiger partial charge is 0.490 e. The molecule has 0 aliphatic carbocycles. The van der Waals surface area contributed by atoms with Gasteiger partial charge in [0.15, 0.2) is 0 Å². The van der Waals surface area contributed by atoms with Crippen LogP contribution in [0.5, 0.6) is 5.75 Å². The van der Waals surface area contributed by atoms with E-state index >= 15 is 0 Å². The number of fused-ring (bicyclic) bond motifs is 1. The van der Waals surface area contributed by atoms with Crippen molar-refractivity contribution in [3.8, 4) is 5.75 Å². The SMILES string of the molecule is O=C1CN(C(=O)NC[C@@H](O)CN2CCC(Oc3ccc(Cl)c(Cl)c3)CC2)c2ccccc2N1. The molecule has 1 atom stereocenters. The summed E-state index contributed by atoms with van der Waals surface area (Å²) >= 11 is 12.0. The molecule has 10 heteroatoms. The molecule has 0 saturated carbocycles. The van der Waals surface area contributed by atoms with Crippen molar-refractivity contribution >= 4 is 46.5 Å². The molecule has 2 aromatic carbocycles. The van der Waals surface area contributed by atoms with Gasteiger partial charge in [0.05, 0.1) is 27.5 Å². The number of halogens is 2. The molecular formula is C23H26Cl2N4O4. The Hall–Kier alpha value is -2.52. The first-order valence-corrected chi connectivity index (χ1v) is 11.6. The molecule has 0 spiro atoms. The van der Waals surface area contributed by atoms with E-state index in [0.29, 0.717) is 33.7 Å². The Morgan fingerprint density at radius 1 is 1.18 bits per heavy atom. The minimum absolute atomic E-state index is 0.0642. The lowest BCUT2D eigenvalue weighted by Gasteiger charge is -2.33. The smallest absolute Gasteiger partial charge is 0.322 e. The van der Waals surface area contributed by atoms with Gasteiger partial charge >= 0.3 is 6.03 Å². The number of aliphatic hydroxyl groups is 1. The van der Waals surface area contributed by atoms with Crippen LogP contribution in [0.3, 0.4) is 0 Å². The number of likely N-dealkylation sites (tertiary alicyclic amines) is 1. The number of amides is 3. The summed E-state index contributed by atoms with van der Waals surface area (Å²) in [6, 6.07) is 11.9. The molecule has 2 heterocycles. The first kappa shape index (κ1) is 23.6. The molecule has 3 amide bonds. The topological polar surface area (TPSA) is 94.1 Å². The number of para-hydroxylation sites is 2. The van der Waals surface area contributed by atoms with Crippen LogP contribution in [0.25, 0.3) is 0 Å². The molecule has 0 aromatic heterocycles. The summed E-state index contributed by atoms with van der Waals surface area (Å²) in [6.45, 7) is 2.02. The molecule has 33 heavy (non-hydrogen) atoms. The lowest BCUT2D eigenvalue weighted by atomic mass is 10.1. The molecule has 0 radical (unpaired) electrons. The van der Waals surface area contributed by atoms with Crippen molar-refractivity contribution in [2.75, 3.05) is 42.9 Å². The average Bonchev–Trinajstić information content (AvgIpc) is 2.80. The van der Waals surface area contributed by atoms with Crippen molar-refractivity contribution in [2.24, 2.45) is 0 Å². The van der Waals surface area contributed by atoms with E-state index < -0.39 is 12.1 Å².